The van der Waals surface area contributed by atoms with Crippen LogP contribution in [-0.4, -0.2) is 105 Å². The lowest BCUT2D eigenvalue weighted by Crippen LogP contribution is -2.54. The number of Topliss-reactive ketones (excluding diaryl/α,β-unsaturated/α-hetero) is 1. The van der Waals surface area contributed by atoms with Crippen molar-refractivity contribution in [3.63, 3.8) is 0 Å². The number of benzene rings is 4. The van der Waals surface area contributed by atoms with E-state index in [-0.39, 0.29) is 121 Å². The second-order valence-electron chi connectivity index (χ2n) is 52.3. The zero-order chi connectivity index (χ0) is 114. The molecule has 0 aromatic heterocycles. The van der Waals surface area contributed by atoms with Gasteiger partial charge in [-0.15, -0.1) is 0 Å². The number of carbonyl (C=O) groups excluding carboxylic acids is 8. The van der Waals surface area contributed by atoms with Crippen molar-refractivity contribution >= 4 is 68.5 Å². The molecule has 7 aliphatic rings. The molecule has 11 rings (SSSR count). The Kier molecular flexibility index (Phi) is 51.6. The Hall–Kier alpha value is -7.33. The lowest BCUT2D eigenvalue weighted by atomic mass is 9.49. The molecular weight excluding hydrogens is 1880 g/mol. The van der Waals surface area contributed by atoms with Crippen molar-refractivity contribution in [2.75, 3.05) is 13.2 Å². The molecule has 0 aliphatic heterocycles. The summed E-state index contributed by atoms with van der Waals surface area (Å²) in [5, 5.41) is 2.35. The molecule has 148 heavy (non-hydrogen) atoms. The van der Waals surface area contributed by atoms with Gasteiger partial charge in [0.1, 0.15) is 34.3 Å². The van der Waals surface area contributed by atoms with Gasteiger partial charge >= 0.3 is 41.8 Å². The number of carbonyl (C=O) groups is 8. The molecule has 0 amide bonds. The molecule has 21 heteroatoms. The summed E-state index contributed by atoms with van der Waals surface area (Å²) < 4.78 is 82.6. The van der Waals surface area contributed by atoms with Crippen molar-refractivity contribution in [1.82, 2.24) is 0 Å². The van der Waals surface area contributed by atoms with Crippen molar-refractivity contribution in [3.05, 3.63) is 125 Å². The molecule has 6 saturated carbocycles. The Balaban J connectivity index is 0.000000438. The number of hydrogen-bond acceptors (Lipinski definition) is 20. The first-order chi connectivity index (χ1) is 68.0. The van der Waals surface area contributed by atoms with Crippen LogP contribution in [0.15, 0.2) is 114 Å². The average molecular weight is 2090 g/mol. The van der Waals surface area contributed by atoms with Crippen LogP contribution in [0, 0.1) is 77.3 Å². The average Bonchev–Trinajstić information content (AvgIpc) is 0.743. The molecule has 4 aromatic rings. The minimum absolute atomic E-state index is 0.0216. The van der Waals surface area contributed by atoms with Gasteiger partial charge in [0.05, 0.1) is 48.9 Å². The van der Waals surface area contributed by atoms with E-state index in [1.54, 1.807) is 26.0 Å². The molecule has 6 fully saturated rings. The Morgan fingerprint density at radius 2 is 0.838 bits per heavy atom. The molecule has 0 saturated heterocycles. The van der Waals surface area contributed by atoms with Crippen molar-refractivity contribution in [3.8, 4) is 0 Å². The van der Waals surface area contributed by atoms with Crippen molar-refractivity contribution < 1.29 is 93.6 Å². The third-order valence-electron chi connectivity index (χ3n) is 33.4. The molecule has 0 radical (unpaired) electrons. The molecule has 20 nitrogen and oxygen atoms in total. The normalized spacial score (nSPS) is 20.1. The van der Waals surface area contributed by atoms with Crippen LogP contribution in [0.25, 0.3) is 10.8 Å². The van der Waals surface area contributed by atoms with Crippen LogP contribution in [0.5, 0.6) is 0 Å². The van der Waals surface area contributed by atoms with Crippen LogP contribution in [-0.2, 0) is 112 Å². The zero-order valence-electron chi connectivity index (χ0n) is 101. The van der Waals surface area contributed by atoms with Gasteiger partial charge in [0, 0.05) is 30.5 Å². The van der Waals surface area contributed by atoms with Crippen LogP contribution in [0.3, 0.4) is 0 Å². The highest BCUT2D eigenvalue weighted by molar-refractivity contribution is 7.86. The predicted octanol–water partition coefficient (Wildman–Crippen LogP) is 33.2. The highest BCUT2D eigenvalue weighted by Gasteiger charge is 2.57. The monoisotopic (exact) mass is 2090 g/mol. The summed E-state index contributed by atoms with van der Waals surface area (Å²) in [6.07, 6.45) is 28.5. The highest BCUT2D eigenvalue weighted by Crippen LogP contribution is 2.62. The van der Waals surface area contributed by atoms with E-state index in [4.69, 9.17) is 46.8 Å². The van der Waals surface area contributed by atoms with Gasteiger partial charge in [-0.25, -0.2) is 0 Å². The molecule has 844 valence electrons. The van der Waals surface area contributed by atoms with Crippen molar-refractivity contribution in [1.29, 1.82) is 0 Å². The minimum Gasteiger partial charge on any atom is -0.459 e. The van der Waals surface area contributed by atoms with Gasteiger partial charge in [-0.05, 0) is 405 Å². The van der Waals surface area contributed by atoms with Gasteiger partial charge in [0.2, 0.25) is 12.6 Å². The zero-order valence-corrected chi connectivity index (χ0v) is 102. The van der Waals surface area contributed by atoms with Crippen LogP contribution in [0.2, 0.25) is 0 Å². The second-order valence-corrected chi connectivity index (χ2v) is 53.9. The van der Waals surface area contributed by atoms with Gasteiger partial charge in [-0.1, -0.05) is 229 Å². The van der Waals surface area contributed by atoms with Gasteiger partial charge in [-0.2, -0.15) is 8.42 Å². The summed E-state index contributed by atoms with van der Waals surface area (Å²) >= 11 is 0. The molecule has 4 bridgehead atoms. The second kappa shape index (κ2) is 56.7. The number of ketones is 1. The van der Waals surface area contributed by atoms with E-state index < -0.39 is 60.3 Å². The van der Waals surface area contributed by atoms with Crippen molar-refractivity contribution in [2.45, 2.75) is 528 Å². The molecule has 7 aliphatic carbocycles. The number of rotatable bonds is 38. The Morgan fingerprint density at radius 3 is 1.26 bits per heavy atom. The first-order valence-corrected chi connectivity index (χ1v) is 58.0. The van der Waals surface area contributed by atoms with Gasteiger partial charge in [0.15, 0.2) is 0 Å². The van der Waals surface area contributed by atoms with Gasteiger partial charge in [-0.3, -0.25) is 42.5 Å². The summed E-state index contributed by atoms with van der Waals surface area (Å²) in [5.74, 6) is 1.68. The molecule has 0 heterocycles. The number of ether oxygens (including phenoxy) is 9. The minimum atomic E-state index is -3.75. The molecule has 0 spiro atoms. The van der Waals surface area contributed by atoms with Gasteiger partial charge in [0.25, 0.3) is 10.1 Å². The van der Waals surface area contributed by atoms with E-state index >= 15 is 0 Å². The highest BCUT2D eigenvalue weighted by atomic mass is 32.2. The van der Waals surface area contributed by atoms with E-state index in [1.165, 1.54) is 62.8 Å². The van der Waals surface area contributed by atoms with Crippen LogP contribution >= 0.6 is 0 Å². The van der Waals surface area contributed by atoms with Gasteiger partial charge < -0.3 is 42.6 Å². The first kappa shape index (κ1) is 135. The third-order valence-corrected chi connectivity index (χ3v) is 34.7. The Bertz CT molecular complexity index is 4890. The molecule has 0 N–H and O–H groups in total. The maximum atomic E-state index is 12.8. The lowest BCUT2D eigenvalue weighted by molar-refractivity contribution is -0.248. The molecule has 4 unspecified atom stereocenters. The lowest BCUT2D eigenvalue weighted by Gasteiger charge is -2.58. The summed E-state index contributed by atoms with van der Waals surface area (Å²) in [6, 6.07) is 31.9. The molecule has 4 atom stereocenters. The fraction of sp³-hybridized carbons (Fsp3) is 0.748. The molecule has 4 aromatic carbocycles. The summed E-state index contributed by atoms with van der Waals surface area (Å²) in [6.45, 7) is 84.4. The van der Waals surface area contributed by atoms with Crippen molar-refractivity contribution in [2.24, 2.45) is 77.3 Å². The van der Waals surface area contributed by atoms with E-state index in [2.05, 4.69) is 119 Å². The van der Waals surface area contributed by atoms with E-state index in [0.717, 1.165) is 168 Å². The maximum absolute atomic E-state index is 12.8. The number of hydrogen-bond donors (Lipinski definition) is 0. The number of allylic oxidation sites excluding steroid dienone is 1. The van der Waals surface area contributed by atoms with Crippen LogP contribution < -0.4 is 0 Å². The van der Waals surface area contributed by atoms with Crippen LogP contribution in [0.4, 0.5) is 0 Å². The fourth-order valence-electron chi connectivity index (χ4n) is 18.6. The number of fused-ring (bicyclic) bond motifs is 1. The number of esters is 7. The van der Waals surface area contributed by atoms with E-state index in [0.29, 0.717) is 13.2 Å². The first-order valence-electron chi connectivity index (χ1n) is 56.6. The van der Waals surface area contributed by atoms with E-state index in [9.17, 15) is 46.8 Å². The summed E-state index contributed by atoms with van der Waals surface area (Å²) in [7, 11) is -3.75. The Labute approximate surface area is 900 Å². The van der Waals surface area contributed by atoms with E-state index in [1.807, 2.05) is 242 Å². The fourth-order valence-corrected chi connectivity index (χ4v) is 19.8. The topological polar surface area (TPSA) is 263 Å². The maximum Gasteiger partial charge on any atom is 0.313 e. The largest absolute Gasteiger partial charge is 0.459 e. The third kappa shape index (κ3) is 40.8. The summed E-state index contributed by atoms with van der Waals surface area (Å²) in [5.41, 5.74) is -0.300. The smallest absolute Gasteiger partial charge is 0.313 e. The SMILES string of the molecule is CCC(C)(C)C(=O)OC(C)(C)CC(C)=O.CCC(C)(C)C(=O)OC(C)(C)c1ccc2ccccc2c1.CCC(C)(C)C(=O)OC1(c2ccccc2)CCCCC1.CCC(C)(C)C(=O)OC1C=C(C)CC1.CCC(C)(C)c1ccc(S(=O)(=O)OC2CC(C)(C)CCC2(C)C)cc1.CCC(CC)(CC)OC(=O)C(C)(C)CC.CCOC(OC(=O)C(C)(C)CC)C(C)(C)C.CCOC(OC(=O)C(C)(C)CC)C12CC3CC(CC(C3)C1)C2. The standard InChI is InChI=1S/C21H34O3S.C19H32O3.C19H24O2.C18H26O2.C13H26O3.C13H26O2.C12H22O3.C12H20O2/c1-8-20(4,5)16-9-11-17(12-10-16)25(22,23)24-18-15-19(2,3)13-14-21(18,6)7;1-5-18(3,4)16(20)22-17(21-6-2)19-10-13-7-14(11-19)9-15(8-13)12-19;1-6-18(2,3)17(20)21-19(4,5)16-12-11-14-9-7-8-10-15(14)13-16;1-4-17(2,3)16(19)20-18(13-9-6-10-14-18)15-11-7-5-8-12-15;1-8-13(6,7)10(14)16-11(15-9-2)12(3,4)5;1-7-12(5,6)11(14)15-13(8-2,9-3)10-4;1-7-11(3,4)10(14)15-12(5,6)8-9(2)13;1-5-12(3,4)11(13)14-10-7-6-9(2)8-10/h9-12,18H,8,13-15H2,1-7H3;13-15,17H,5-12H2,1-4H3;7-13H,6H2,1-5H3;5,7-8,11-12H,4,6,9-10,13-14H2,1-3H3;11H,8-9H2,1-7H3;7-10H2,1-6H3;7-8H2,1-6H3;8,10H,5-7H2,1-4H3. The molecular formula is C127H210O20S. The van der Waals surface area contributed by atoms with Crippen LogP contribution in [0.1, 0.15) is 487 Å². The Morgan fingerprint density at radius 1 is 0.419 bits per heavy atom. The summed E-state index contributed by atoms with van der Waals surface area (Å²) in [4.78, 5) is 96.0. The quantitative estimate of drug-likeness (QED) is 0.0133. The predicted molar refractivity (Wildman–Crippen MR) is 603 cm³/mol.